The zero-order valence-corrected chi connectivity index (χ0v) is 6.59. The van der Waals surface area contributed by atoms with E-state index in [0.29, 0.717) is 5.56 Å². The molecule has 0 amide bonds. The van der Waals surface area contributed by atoms with Crippen molar-refractivity contribution in [3.8, 4) is 0 Å². The van der Waals surface area contributed by atoms with Crippen molar-refractivity contribution >= 4 is 23.3 Å². The minimum atomic E-state index is -0.171. The molecule has 0 bridgehead atoms. The van der Waals surface area contributed by atoms with Crippen LogP contribution in [0.4, 0.5) is 5.95 Å². The number of hydrogen-bond acceptors (Lipinski definition) is 4. The van der Waals surface area contributed by atoms with E-state index in [1.165, 1.54) is 13.1 Å². The van der Waals surface area contributed by atoms with Crippen LogP contribution in [-0.4, -0.2) is 15.8 Å². The van der Waals surface area contributed by atoms with Crippen molar-refractivity contribution in [1.82, 2.24) is 9.97 Å². The highest BCUT2D eigenvalue weighted by Crippen LogP contribution is 2.12. The molecule has 0 radical (unpaired) electrons. The second-order valence-electron chi connectivity index (χ2n) is 1.99. The fourth-order valence-electron chi connectivity index (χ4n) is 0.610. The average molecular weight is 172 g/mol. The van der Waals surface area contributed by atoms with Gasteiger partial charge in [-0.3, -0.25) is 4.79 Å². The first kappa shape index (κ1) is 7.94. The van der Waals surface area contributed by atoms with E-state index in [-0.39, 0.29) is 16.9 Å². The van der Waals surface area contributed by atoms with Gasteiger partial charge in [0.2, 0.25) is 5.95 Å². The molecule has 1 aromatic heterocycles. The van der Waals surface area contributed by atoms with Gasteiger partial charge in [0.15, 0.2) is 5.78 Å². The lowest BCUT2D eigenvalue weighted by Gasteiger charge is -1.97. The largest absolute Gasteiger partial charge is 0.368 e. The number of rotatable bonds is 1. The highest BCUT2D eigenvalue weighted by Gasteiger charge is 2.06. The van der Waals surface area contributed by atoms with Crippen LogP contribution in [0.25, 0.3) is 0 Å². The van der Waals surface area contributed by atoms with Crippen molar-refractivity contribution < 1.29 is 4.79 Å². The molecule has 0 atom stereocenters. The van der Waals surface area contributed by atoms with Gasteiger partial charge in [0, 0.05) is 6.20 Å². The van der Waals surface area contributed by atoms with Gasteiger partial charge in [-0.15, -0.1) is 0 Å². The normalized spacial score (nSPS) is 9.64. The molecule has 0 aliphatic carbocycles. The average Bonchev–Trinajstić information content (AvgIpc) is 1.85. The zero-order valence-electron chi connectivity index (χ0n) is 5.84. The molecular formula is C6H6ClN3O. The zero-order chi connectivity index (χ0) is 8.43. The van der Waals surface area contributed by atoms with Gasteiger partial charge in [-0.1, -0.05) is 11.6 Å². The molecule has 11 heavy (non-hydrogen) atoms. The first-order valence-electron chi connectivity index (χ1n) is 2.90. The van der Waals surface area contributed by atoms with Crippen LogP contribution in [0.3, 0.4) is 0 Å². The molecule has 0 aliphatic rings. The number of Topliss-reactive ketones (excluding diaryl/α,β-unsaturated/α-hetero) is 1. The molecule has 2 N–H and O–H groups in total. The van der Waals surface area contributed by atoms with Gasteiger partial charge in [-0.05, 0) is 6.92 Å². The van der Waals surface area contributed by atoms with Gasteiger partial charge >= 0.3 is 0 Å². The fraction of sp³-hybridized carbons (Fsp3) is 0.167. The lowest BCUT2D eigenvalue weighted by atomic mass is 10.2. The first-order chi connectivity index (χ1) is 5.11. The Balaban J connectivity index is 3.20. The smallest absolute Gasteiger partial charge is 0.221 e. The summed E-state index contributed by atoms with van der Waals surface area (Å²) in [4.78, 5) is 18.0. The van der Waals surface area contributed by atoms with Gasteiger partial charge < -0.3 is 5.73 Å². The summed E-state index contributed by atoms with van der Waals surface area (Å²) in [7, 11) is 0. The Morgan fingerprint density at radius 1 is 1.73 bits per heavy atom. The van der Waals surface area contributed by atoms with Crippen molar-refractivity contribution in [1.29, 1.82) is 0 Å². The molecule has 4 nitrogen and oxygen atoms in total. The molecule has 5 heteroatoms. The molecule has 0 fully saturated rings. The fourth-order valence-corrected chi connectivity index (χ4v) is 0.878. The second kappa shape index (κ2) is 2.84. The monoisotopic (exact) mass is 171 g/mol. The van der Waals surface area contributed by atoms with Crippen LogP contribution in [0.15, 0.2) is 6.20 Å². The third-order valence-corrected chi connectivity index (χ3v) is 1.43. The molecule has 0 saturated heterocycles. The molecule has 0 unspecified atom stereocenters. The van der Waals surface area contributed by atoms with Crippen LogP contribution in [-0.2, 0) is 0 Å². The van der Waals surface area contributed by atoms with E-state index in [1.54, 1.807) is 0 Å². The number of nitrogen functional groups attached to an aromatic ring is 1. The Bertz CT molecular complexity index is 300. The lowest BCUT2D eigenvalue weighted by Crippen LogP contribution is -2.01. The van der Waals surface area contributed by atoms with Crippen molar-refractivity contribution in [3.63, 3.8) is 0 Å². The van der Waals surface area contributed by atoms with Gasteiger partial charge in [-0.25, -0.2) is 9.97 Å². The molecule has 1 heterocycles. The Hall–Kier alpha value is -1.16. The lowest BCUT2D eigenvalue weighted by molar-refractivity contribution is 0.101. The quantitative estimate of drug-likeness (QED) is 0.504. The summed E-state index contributed by atoms with van der Waals surface area (Å²) in [6, 6.07) is 0. The molecular weight excluding hydrogens is 166 g/mol. The number of ketones is 1. The third-order valence-electron chi connectivity index (χ3n) is 1.14. The summed E-state index contributed by atoms with van der Waals surface area (Å²) in [5.74, 6) is -0.102. The van der Waals surface area contributed by atoms with E-state index in [2.05, 4.69) is 9.97 Å². The minimum Gasteiger partial charge on any atom is -0.368 e. The maximum atomic E-state index is 10.8. The maximum Gasteiger partial charge on any atom is 0.221 e. The van der Waals surface area contributed by atoms with Crippen molar-refractivity contribution in [3.05, 3.63) is 16.9 Å². The van der Waals surface area contributed by atoms with Crippen LogP contribution < -0.4 is 5.73 Å². The van der Waals surface area contributed by atoms with E-state index in [1.807, 2.05) is 0 Å². The van der Waals surface area contributed by atoms with Crippen molar-refractivity contribution in [2.24, 2.45) is 0 Å². The minimum absolute atomic E-state index is 0.0694. The molecule has 0 aromatic carbocycles. The molecule has 1 aromatic rings. The van der Waals surface area contributed by atoms with Gasteiger partial charge in [0.25, 0.3) is 0 Å². The van der Waals surface area contributed by atoms with Gasteiger partial charge in [0.05, 0.1) is 5.56 Å². The highest BCUT2D eigenvalue weighted by molar-refractivity contribution is 6.32. The van der Waals surface area contributed by atoms with E-state index in [4.69, 9.17) is 17.3 Å². The molecule has 0 saturated carbocycles. The number of carbonyl (C=O) groups is 1. The van der Waals surface area contributed by atoms with E-state index >= 15 is 0 Å². The summed E-state index contributed by atoms with van der Waals surface area (Å²) in [6.45, 7) is 1.39. The molecule has 0 aliphatic heterocycles. The van der Waals surface area contributed by atoms with Gasteiger partial charge in [-0.2, -0.15) is 0 Å². The van der Waals surface area contributed by atoms with Crippen LogP contribution in [0.1, 0.15) is 17.3 Å². The van der Waals surface area contributed by atoms with Crippen molar-refractivity contribution in [2.45, 2.75) is 6.92 Å². The van der Waals surface area contributed by atoms with Crippen molar-refractivity contribution in [2.75, 3.05) is 5.73 Å². The molecule has 58 valence electrons. The number of carbonyl (C=O) groups excluding carboxylic acids is 1. The summed E-state index contributed by atoms with van der Waals surface area (Å²) < 4.78 is 0. The molecule has 0 spiro atoms. The number of anilines is 1. The SMILES string of the molecule is CC(=O)c1cnc(N)nc1Cl. The molecule has 1 rings (SSSR count). The maximum absolute atomic E-state index is 10.8. The number of halogens is 1. The first-order valence-corrected chi connectivity index (χ1v) is 3.28. The Kier molecular flexibility index (Phi) is 2.05. The summed E-state index contributed by atoms with van der Waals surface area (Å²) >= 11 is 5.57. The second-order valence-corrected chi connectivity index (χ2v) is 2.35. The number of nitrogens with two attached hydrogens (primary N) is 1. The van der Waals surface area contributed by atoms with Gasteiger partial charge in [0.1, 0.15) is 5.15 Å². The Labute approximate surface area is 68.4 Å². The van der Waals surface area contributed by atoms with Crippen LogP contribution in [0.5, 0.6) is 0 Å². The number of aromatic nitrogens is 2. The number of nitrogens with zero attached hydrogens (tertiary/aromatic N) is 2. The van der Waals surface area contributed by atoms with E-state index in [9.17, 15) is 4.79 Å². The Morgan fingerprint density at radius 2 is 2.36 bits per heavy atom. The highest BCUT2D eigenvalue weighted by atomic mass is 35.5. The topological polar surface area (TPSA) is 68.9 Å². The van der Waals surface area contributed by atoms with E-state index < -0.39 is 0 Å². The predicted octanol–water partition coefficient (Wildman–Crippen LogP) is 0.915. The summed E-state index contributed by atoms with van der Waals surface area (Å²) in [6.07, 6.45) is 1.31. The van der Waals surface area contributed by atoms with E-state index in [0.717, 1.165) is 0 Å². The standard InChI is InChI=1S/C6H6ClN3O/c1-3(11)4-2-9-6(8)10-5(4)7/h2H,1H3,(H2,8,9,10). The summed E-state index contributed by atoms with van der Waals surface area (Å²) in [5.41, 5.74) is 5.50. The van der Waals surface area contributed by atoms with Crippen LogP contribution in [0, 0.1) is 0 Å². The number of hydrogen-bond donors (Lipinski definition) is 1. The summed E-state index contributed by atoms with van der Waals surface area (Å²) in [5, 5.41) is 0.102. The third kappa shape index (κ3) is 1.65. The van der Waals surface area contributed by atoms with Crippen LogP contribution in [0.2, 0.25) is 5.15 Å². The Morgan fingerprint density at radius 3 is 2.82 bits per heavy atom. The predicted molar refractivity (Wildman–Crippen MR) is 41.5 cm³/mol. The van der Waals surface area contributed by atoms with Crippen LogP contribution >= 0.6 is 11.6 Å².